The number of hydrogen-bond acceptors (Lipinski definition) is 3. The number of alkyl halides is 3. The fourth-order valence-electron chi connectivity index (χ4n) is 1.22. The highest BCUT2D eigenvalue weighted by Gasteiger charge is 2.29. The maximum absolute atomic E-state index is 11.8. The van der Waals surface area contributed by atoms with Gasteiger partial charge < -0.3 is 4.74 Å². The number of nitrogens with zero attached hydrogens (tertiary/aromatic N) is 2. The van der Waals surface area contributed by atoms with Crippen molar-refractivity contribution in [2.45, 2.75) is 26.6 Å². The molecule has 0 aliphatic heterocycles. The van der Waals surface area contributed by atoms with Crippen LogP contribution in [0.2, 0.25) is 0 Å². The largest absolute Gasteiger partial charge is 0.440 e. The van der Waals surface area contributed by atoms with E-state index >= 15 is 0 Å². The van der Waals surface area contributed by atoms with E-state index in [4.69, 9.17) is 0 Å². The Bertz CT molecular complexity index is 401. The van der Waals surface area contributed by atoms with Crippen LogP contribution in [-0.4, -0.2) is 28.7 Å². The Morgan fingerprint density at radius 2 is 2.22 bits per heavy atom. The van der Waals surface area contributed by atoms with Crippen molar-refractivity contribution in [1.29, 1.82) is 0 Å². The Morgan fingerprint density at radius 1 is 1.56 bits per heavy atom. The number of anilines is 1. The molecule has 0 fully saturated rings. The molecule has 0 saturated heterocycles. The maximum Gasteiger partial charge on any atom is 0.422 e. The second kappa shape index (κ2) is 5.74. The van der Waals surface area contributed by atoms with Crippen molar-refractivity contribution in [3.8, 4) is 0 Å². The lowest BCUT2D eigenvalue weighted by molar-refractivity contribution is -0.159. The predicted molar refractivity (Wildman–Crippen MR) is 58.1 cm³/mol. The molecule has 1 aromatic rings. The third-order valence-electron chi connectivity index (χ3n) is 1.85. The van der Waals surface area contributed by atoms with Crippen molar-refractivity contribution in [3.63, 3.8) is 0 Å². The fourth-order valence-corrected chi connectivity index (χ4v) is 1.22. The van der Waals surface area contributed by atoms with Gasteiger partial charge in [0.25, 0.3) is 0 Å². The Hall–Kier alpha value is -1.73. The zero-order chi connectivity index (χ0) is 13.8. The average Bonchev–Trinajstić information content (AvgIpc) is 2.61. The number of hydrogen-bond donors (Lipinski definition) is 1. The molecule has 0 aromatic carbocycles. The normalized spacial score (nSPS) is 11.7. The van der Waals surface area contributed by atoms with Crippen LogP contribution in [0.5, 0.6) is 0 Å². The highest BCUT2D eigenvalue weighted by atomic mass is 19.4. The van der Waals surface area contributed by atoms with E-state index in [0.29, 0.717) is 12.4 Å². The smallest absolute Gasteiger partial charge is 0.422 e. The van der Waals surface area contributed by atoms with Crippen molar-refractivity contribution < 1.29 is 22.7 Å². The quantitative estimate of drug-likeness (QED) is 0.910. The molecule has 0 aliphatic rings. The van der Waals surface area contributed by atoms with Crippen LogP contribution >= 0.6 is 0 Å². The number of carbonyl (C=O) groups is 1. The molecule has 8 heteroatoms. The van der Waals surface area contributed by atoms with E-state index in [1.807, 2.05) is 13.8 Å². The predicted octanol–water partition coefficient (Wildman–Crippen LogP) is 2.65. The topological polar surface area (TPSA) is 56.2 Å². The van der Waals surface area contributed by atoms with E-state index in [1.165, 1.54) is 16.9 Å². The summed E-state index contributed by atoms with van der Waals surface area (Å²) in [4.78, 5) is 11.1. The van der Waals surface area contributed by atoms with E-state index in [0.717, 1.165) is 0 Å². The Kier molecular flexibility index (Phi) is 4.57. The summed E-state index contributed by atoms with van der Waals surface area (Å²) < 4.78 is 41.0. The van der Waals surface area contributed by atoms with Gasteiger partial charge in [0.2, 0.25) is 0 Å². The highest BCUT2D eigenvalue weighted by Crippen LogP contribution is 2.15. The average molecular weight is 265 g/mol. The summed E-state index contributed by atoms with van der Waals surface area (Å²) in [6, 6.07) is 1.48. The van der Waals surface area contributed by atoms with Crippen molar-refractivity contribution in [2.75, 3.05) is 11.9 Å². The molecule has 1 aromatic heterocycles. The van der Waals surface area contributed by atoms with E-state index in [9.17, 15) is 18.0 Å². The molecule has 0 aliphatic carbocycles. The molecule has 1 N–H and O–H groups in total. The van der Waals surface area contributed by atoms with Crippen molar-refractivity contribution in [3.05, 3.63) is 12.3 Å². The van der Waals surface area contributed by atoms with Crippen molar-refractivity contribution >= 4 is 11.9 Å². The second-order valence-corrected chi connectivity index (χ2v) is 4.11. The third-order valence-corrected chi connectivity index (χ3v) is 1.85. The van der Waals surface area contributed by atoms with Gasteiger partial charge in [0.1, 0.15) is 5.82 Å². The molecular weight excluding hydrogens is 251 g/mol. The minimum absolute atomic E-state index is 0.289. The van der Waals surface area contributed by atoms with Gasteiger partial charge in [-0.3, -0.25) is 5.32 Å². The first-order valence-electron chi connectivity index (χ1n) is 5.30. The minimum Gasteiger partial charge on any atom is -0.440 e. The standard InChI is InChI=1S/C10H14F3N3O2/c1-7(2)5-16-8(3-4-14-16)15-9(17)18-6-10(11,12)13/h3-4,7H,5-6H2,1-2H3,(H,15,17). The maximum atomic E-state index is 11.8. The van der Waals surface area contributed by atoms with Gasteiger partial charge in [0, 0.05) is 12.6 Å². The van der Waals surface area contributed by atoms with Gasteiger partial charge in [0.15, 0.2) is 6.61 Å². The summed E-state index contributed by atoms with van der Waals surface area (Å²) in [5.74, 6) is 0.590. The first-order valence-corrected chi connectivity index (χ1v) is 5.30. The van der Waals surface area contributed by atoms with Crippen LogP contribution in [0.25, 0.3) is 0 Å². The van der Waals surface area contributed by atoms with Gasteiger partial charge in [-0.15, -0.1) is 0 Å². The summed E-state index contributed by atoms with van der Waals surface area (Å²) in [5.41, 5.74) is 0. The number of halogens is 3. The molecular formula is C10H14F3N3O2. The van der Waals surface area contributed by atoms with Crippen LogP contribution in [-0.2, 0) is 11.3 Å². The fraction of sp³-hybridized carbons (Fsp3) is 0.600. The van der Waals surface area contributed by atoms with Crippen LogP contribution in [0, 0.1) is 5.92 Å². The van der Waals surface area contributed by atoms with Crippen LogP contribution in [0.1, 0.15) is 13.8 Å². The minimum atomic E-state index is -4.53. The Morgan fingerprint density at radius 3 is 2.78 bits per heavy atom. The molecule has 0 unspecified atom stereocenters. The lowest BCUT2D eigenvalue weighted by Gasteiger charge is -2.11. The summed E-state index contributed by atoms with van der Waals surface area (Å²) in [6.45, 7) is 2.83. The van der Waals surface area contributed by atoms with Gasteiger partial charge in [-0.05, 0) is 5.92 Å². The summed E-state index contributed by atoms with van der Waals surface area (Å²) >= 11 is 0. The molecule has 18 heavy (non-hydrogen) atoms. The molecule has 1 amide bonds. The van der Waals surface area contributed by atoms with E-state index < -0.39 is 18.9 Å². The van der Waals surface area contributed by atoms with Gasteiger partial charge in [-0.1, -0.05) is 13.8 Å². The first-order chi connectivity index (χ1) is 8.28. The third kappa shape index (κ3) is 5.07. The SMILES string of the molecule is CC(C)Cn1nccc1NC(=O)OCC(F)(F)F. The zero-order valence-electron chi connectivity index (χ0n) is 9.99. The van der Waals surface area contributed by atoms with Crippen LogP contribution in [0.3, 0.4) is 0 Å². The molecule has 0 radical (unpaired) electrons. The lowest BCUT2D eigenvalue weighted by atomic mass is 10.2. The van der Waals surface area contributed by atoms with Gasteiger partial charge in [0.05, 0.1) is 6.20 Å². The number of nitrogens with one attached hydrogen (secondary N) is 1. The molecule has 0 atom stereocenters. The summed E-state index contributed by atoms with van der Waals surface area (Å²) in [6.07, 6.45) is -4.24. The summed E-state index contributed by atoms with van der Waals surface area (Å²) in [7, 11) is 0. The Balaban J connectivity index is 2.52. The van der Waals surface area contributed by atoms with Crippen LogP contribution in [0.15, 0.2) is 12.3 Å². The van der Waals surface area contributed by atoms with E-state index in [1.54, 1.807) is 0 Å². The van der Waals surface area contributed by atoms with Crippen molar-refractivity contribution in [2.24, 2.45) is 5.92 Å². The lowest BCUT2D eigenvalue weighted by Crippen LogP contribution is -2.24. The molecule has 0 saturated carbocycles. The number of amides is 1. The summed E-state index contributed by atoms with van der Waals surface area (Å²) in [5, 5.41) is 6.15. The molecule has 5 nitrogen and oxygen atoms in total. The zero-order valence-corrected chi connectivity index (χ0v) is 9.99. The Labute approximate surface area is 102 Å². The second-order valence-electron chi connectivity index (χ2n) is 4.11. The van der Waals surface area contributed by atoms with Crippen LogP contribution < -0.4 is 5.32 Å². The molecule has 0 bridgehead atoms. The first kappa shape index (κ1) is 14.3. The van der Waals surface area contributed by atoms with Gasteiger partial charge in [-0.25, -0.2) is 9.48 Å². The molecule has 0 spiro atoms. The van der Waals surface area contributed by atoms with Gasteiger partial charge >= 0.3 is 12.3 Å². The highest BCUT2D eigenvalue weighted by molar-refractivity contribution is 5.83. The van der Waals surface area contributed by atoms with Gasteiger partial charge in [-0.2, -0.15) is 18.3 Å². The monoisotopic (exact) mass is 265 g/mol. The van der Waals surface area contributed by atoms with E-state index in [-0.39, 0.29) is 5.92 Å². The van der Waals surface area contributed by atoms with Crippen LogP contribution in [0.4, 0.5) is 23.8 Å². The molecule has 1 heterocycles. The number of carbonyl (C=O) groups excluding carboxylic acids is 1. The number of ether oxygens (including phenoxy) is 1. The number of aromatic nitrogens is 2. The van der Waals surface area contributed by atoms with E-state index in [2.05, 4.69) is 15.2 Å². The number of rotatable bonds is 4. The molecule has 102 valence electrons. The molecule has 1 rings (SSSR count). The van der Waals surface area contributed by atoms with Crippen molar-refractivity contribution in [1.82, 2.24) is 9.78 Å².